The van der Waals surface area contributed by atoms with Crippen LogP contribution < -0.4 is 15.4 Å². The van der Waals surface area contributed by atoms with Crippen molar-refractivity contribution >= 4 is 49.1 Å². The van der Waals surface area contributed by atoms with Crippen LogP contribution in [-0.2, 0) is 11.0 Å². The Hall–Kier alpha value is -4.50. The minimum Gasteiger partial charge on any atom is -0.461 e. The maximum atomic E-state index is 17.3. The van der Waals surface area contributed by atoms with Crippen LogP contribution in [0.3, 0.4) is 0 Å². The standard InChI is InChI=1S/C37H35F8N7O2S/c1-3-51(25-7-10-52(17(25)2)33(53)23-13-36(23,41)42)32-20-11-22(37(43,44)45)27(19-5-6-24(39)30-26(19)21(14-46)31(47)55-30)28(40)29(20)48-34(49-32)54-16-35-8-4-9-50(35)15-18(38)12-35/h5-6,11,17-18,23,25H,3-4,7-10,12-13,15-16,47H2,1-2H3. The van der Waals surface area contributed by atoms with Crippen molar-refractivity contribution in [1.29, 1.82) is 5.26 Å². The zero-order valence-corrected chi connectivity index (χ0v) is 30.4. The van der Waals surface area contributed by atoms with Crippen LogP contribution in [0.2, 0.25) is 0 Å². The summed E-state index contributed by atoms with van der Waals surface area (Å²) in [5, 5.41) is 9.06. The van der Waals surface area contributed by atoms with Gasteiger partial charge in [0.1, 0.15) is 46.9 Å². The Balaban J connectivity index is 1.31. The van der Waals surface area contributed by atoms with Crippen molar-refractivity contribution in [2.24, 2.45) is 5.92 Å². The highest BCUT2D eigenvalue weighted by atomic mass is 32.1. The smallest absolute Gasteiger partial charge is 0.417 e. The molecule has 3 aliphatic heterocycles. The molecule has 2 aromatic heterocycles. The van der Waals surface area contributed by atoms with E-state index in [1.807, 2.05) is 4.90 Å². The maximum Gasteiger partial charge on any atom is 0.417 e. The number of benzene rings is 2. The van der Waals surface area contributed by atoms with Crippen molar-refractivity contribution in [3.8, 4) is 23.2 Å². The third-order valence-electron chi connectivity index (χ3n) is 11.8. The molecule has 18 heteroatoms. The molecule has 0 bridgehead atoms. The third-order valence-corrected chi connectivity index (χ3v) is 12.8. The molecule has 5 heterocycles. The number of nitrogens with two attached hydrogens (primary N) is 1. The lowest BCUT2D eigenvalue weighted by atomic mass is 9.92. The van der Waals surface area contributed by atoms with Crippen molar-refractivity contribution in [3.05, 3.63) is 41.0 Å². The van der Waals surface area contributed by atoms with E-state index in [0.29, 0.717) is 30.4 Å². The number of likely N-dealkylation sites (tertiary alicyclic amines) is 1. The SMILES string of the molecule is CCN(c1nc(OCC23CCCN2CC(F)C3)nc2c(F)c(-c3ccc(F)c4sc(N)c(C#N)c34)c(C(F)(F)F)cc12)C1CCN(C(=O)C2CC2(F)F)C1C. The summed E-state index contributed by atoms with van der Waals surface area (Å²) in [5.74, 6) is -7.74. The van der Waals surface area contributed by atoms with Gasteiger partial charge in [-0.05, 0) is 57.4 Å². The molecule has 1 aliphatic carbocycles. The van der Waals surface area contributed by atoms with Gasteiger partial charge < -0.3 is 20.3 Å². The second-order valence-electron chi connectivity index (χ2n) is 14.9. The number of amides is 1. The van der Waals surface area contributed by atoms with Crippen LogP contribution >= 0.6 is 11.3 Å². The number of carbonyl (C=O) groups excluding carboxylic acids is 1. The zero-order valence-electron chi connectivity index (χ0n) is 29.6. The molecule has 9 nitrogen and oxygen atoms in total. The summed E-state index contributed by atoms with van der Waals surface area (Å²) >= 11 is 0.645. The highest BCUT2D eigenvalue weighted by Crippen LogP contribution is 2.51. The number of likely N-dealkylation sites (N-methyl/N-ethyl adjacent to an activating group) is 1. The minimum absolute atomic E-state index is 0.0877. The summed E-state index contributed by atoms with van der Waals surface area (Å²) in [6.07, 6.45) is -5.05. The van der Waals surface area contributed by atoms with E-state index in [1.165, 1.54) is 4.90 Å². The van der Waals surface area contributed by atoms with Crippen molar-refractivity contribution in [2.45, 2.75) is 81.8 Å². The van der Waals surface area contributed by atoms with E-state index < -0.39 is 94.0 Å². The van der Waals surface area contributed by atoms with Gasteiger partial charge in [-0.15, -0.1) is 11.3 Å². The molecule has 55 heavy (non-hydrogen) atoms. The van der Waals surface area contributed by atoms with Gasteiger partial charge in [0.15, 0.2) is 5.82 Å². The van der Waals surface area contributed by atoms with E-state index in [-0.39, 0.29) is 70.9 Å². The molecular weight excluding hydrogens is 759 g/mol. The van der Waals surface area contributed by atoms with Crippen LogP contribution in [0, 0.1) is 28.9 Å². The molecule has 0 radical (unpaired) electrons. The summed E-state index contributed by atoms with van der Waals surface area (Å²) < 4.78 is 126. The Kier molecular flexibility index (Phi) is 8.87. The molecular formula is C37H35F8N7O2S. The molecule has 4 aliphatic rings. The van der Waals surface area contributed by atoms with E-state index in [0.717, 1.165) is 18.6 Å². The first-order valence-electron chi connectivity index (χ1n) is 18.0. The average molecular weight is 794 g/mol. The molecule has 8 rings (SSSR count). The number of thiophene rings is 1. The van der Waals surface area contributed by atoms with E-state index in [4.69, 9.17) is 10.5 Å². The van der Waals surface area contributed by atoms with Crippen molar-refractivity contribution in [3.63, 3.8) is 0 Å². The molecule has 5 atom stereocenters. The van der Waals surface area contributed by atoms with Crippen LogP contribution in [0.25, 0.3) is 32.1 Å². The number of rotatable bonds is 8. The van der Waals surface area contributed by atoms with Gasteiger partial charge in [0.05, 0.1) is 27.4 Å². The molecule has 2 N–H and O–H groups in total. The average Bonchev–Trinajstić information content (AvgIpc) is 3.52. The van der Waals surface area contributed by atoms with Crippen molar-refractivity contribution < 1.29 is 44.7 Å². The molecule has 2 aromatic carbocycles. The van der Waals surface area contributed by atoms with Gasteiger partial charge in [0, 0.05) is 54.9 Å². The first-order valence-corrected chi connectivity index (χ1v) is 18.8. The van der Waals surface area contributed by atoms with Gasteiger partial charge >= 0.3 is 12.2 Å². The van der Waals surface area contributed by atoms with Crippen LogP contribution in [0.15, 0.2) is 18.2 Å². The second kappa shape index (κ2) is 13.0. The molecule has 1 amide bonds. The van der Waals surface area contributed by atoms with Gasteiger partial charge in [-0.1, -0.05) is 6.07 Å². The van der Waals surface area contributed by atoms with Gasteiger partial charge in [-0.25, -0.2) is 22.0 Å². The highest BCUT2D eigenvalue weighted by molar-refractivity contribution is 7.23. The largest absolute Gasteiger partial charge is 0.461 e. The Bertz CT molecular complexity index is 2280. The number of hydrogen-bond donors (Lipinski definition) is 1. The zero-order chi connectivity index (χ0) is 39.4. The summed E-state index contributed by atoms with van der Waals surface area (Å²) in [6, 6.07) is 2.60. The first kappa shape index (κ1) is 37.4. The number of aromatic nitrogens is 2. The lowest BCUT2D eigenvalue weighted by molar-refractivity contribution is -0.137. The number of halogens is 8. The number of alkyl halides is 6. The lowest BCUT2D eigenvalue weighted by Gasteiger charge is -2.35. The topological polar surface area (TPSA) is 112 Å². The summed E-state index contributed by atoms with van der Waals surface area (Å²) in [6.45, 7) is 4.29. The van der Waals surface area contributed by atoms with E-state index in [9.17, 15) is 23.2 Å². The number of ether oxygens (including phenoxy) is 1. The highest BCUT2D eigenvalue weighted by Gasteiger charge is 2.63. The summed E-state index contributed by atoms with van der Waals surface area (Å²) in [5.41, 5.74) is 1.50. The number of anilines is 2. The number of nitrogens with zero attached hydrogens (tertiary/aromatic N) is 6. The normalized spacial score (nSPS) is 26.2. The molecule has 1 saturated carbocycles. The van der Waals surface area contributed by atoms with Crippen molar-refractivity contribution in [2.75, 3.05) is 43.4 Å². The molecule has 3 saturated heterocycles. The van der Waals surface area contributed by atoms with Crippen LogP contribution in [0.4, 0.5) is 45.9 Å². The Morgan fingerprint density at radius 2 is 1.95 bits per heavy atom. The lowest BCUT2D eigenvalue weighted by Crippen LogP contribution is -2.46. The molecule has 292 valence electrons. The summed E-state index contributed by atoms with van der Waals surface area (Å²) in [4.78, 5) is 26.8. The predicted octanol–water partition coefficient (Wildman–Crippen LogP) is 7.69. The molecule has 5 unspecified atom stereocenters. The second-order valence-corrected chi connectivity index (χ2v) is 15.9. The van der Waals surface area contributed by atoms with E-state index in [2.05, 4.69) is 9.97 Å². The summed E-state index contributed by atoms with van der Waals surface area (Å²) in [7, 11) is 0. The number of nitrogen functional groups attached to an aromatic ring is 1. The number of fused-ring (bicyclic) bond motifs is 3. The van der Waals surface area contributed by atoms with Gasteiger partial charge in [-0.2, -0.15) is 28.4 Å². The predicted molar refractivity (Wildman–Crippen MR) is 189 cm³/mol. The Labute approximate surface area is 313 Å². The number of hydrogen-bond acceptors (Lipinski definition) is 9. The Morgan fingerprint density at radius 3 is 2.62 bits per heavy atom. The van der Waals surface area contributed by atoms with E-state index >= 15 is 22.0 Å². The first-order chi connectivity index (χ1) is 26.0. The fourth-order valence-corrected chi connectivity index (χ4v) is 9.94. The van der Waals surface area contributed by atoms with Crippen molar-refractivity contribution in [1.82, 2.24) is 19.8 Å². The molecule has 4 aromatic rings. The fourth-order valence-electron chi connectivity index (χ4n) is 8.99. The Morgan fingerprint density at radius 1 is 1.20 bits per heavy atom. The van der Waals surface area contributed by atoms with Gasteiger partial charge in [0.2, 0.25) is 5.91 Å². The van der Waals surface area contributed by atoms with E-state index in [1.54, 1.807) is 24.8 Å². The van der Waals surface area contributed by atoms with Gasteiger partial charge in [0.25, 0.3) is 5.92 Å². The molecule has 4 fully saturated rings. The van der Waals surface area contributed by atoms with Crippen LogP contribution in [0.5, 0.6) is 6.01 Å². The monoisotopic (exact) mass is 793 g/mol. The molecule has 0 spiro atoms. The fraction of sp³-hybridized carbons (Fsp3) is 0.514. The minimum atomic E-state index is -5.20. The maximum absolute atomic E-state index is 17.3. The number of nitriles is 1. The number of carbonyl (C=O) groups is 1. The quantitative estimate of drug-likeness (QED) is 0.181. The van der Waals surface area contributed by atoms with Crippen LogP contribution in [-0.4, -0.2) is 88.2 Å². The third kappa shape index (κ3) is 5.99. The van der Waals surface area contributed by atoms with Crippen LogP contribution in [0.1, 0.15) is 57.1 Å². The van der Waals surface area contributed by atoms with Gasteiger partial charge in [-0.3, -0.25) is 9.69 Å².